The van der Waals surface area contributed by atoms with Gasteiger partial charge in [-0.2, -0.15) is 0 Å². The van der Waals surface area contributed by atoms with E-state index in [1.807, 2.05) is 54.0 Å². The van der Waals surface area contributed by atoms with Crippen molar-refractivity contribution in [1.82, 2.24) is 10.1 Å². The zero-order chi connectivity index (χ0) is 14.8. The molecule has 0 aliphatic rings. The fourth-order valence-electron chi connectivity index (χ4n) is 2.26. The monoisotopic (exact) mass is 324 g/mol. The van der Waals surface area contributed by atoms with Gasteiger partial charge >= 0.3 is 0 Å². The highest BCUT2D eigenvalue weighted by Gasteiger charge is 2.09. The molecule has 108 valence electrons. The van der Waals surface area contributed by atoms with Gasteiger partial charge in [0, 0.05) is 28.3 Å². The number of hydrogen-bond donors (Lipinski definition) is 0. The maximum atomic E-state index is 5.42. The van der Waals surface area contributed by atoms with Crippen LogP contribution in [0.2, 0.25) is 0 Å². The number of benzene rings is 1. The molecule has 0 aliphatic heterocycles. The third-order valence-corrected chi connectivity index (χ3v) is 5.30. The topological polar surface area (TPSA) is 38.9 Å². The van der Waals surface area contributed by atoms with Crippen molar-refractivity contribution < 1.29 is 4.52 Å². The van der Waals surface area contributed by atoms with Crippen LogP contribution in [0.5, 0.6) is 0 Å². The summed E-state index contributed by atoms with van der Waals surface area (Å²) in [7, 11) is 0. The van der Waals surface area contributed by atoms with Crippen molar-refractivity contribution in [1.29, 1.82) is 0 Å². The molecule has 0 saturated carbocycles. The Morgan fingerprint density at radius 2 is 2.05 bits per heavy atom. The normalized spacial score (nSPS) is 11.1. The van der Waals surface area contributed by atoms with Crippen molar-refractivity contribution >= 4 is 34.0 Å². The van der Waals surface area contributed by atoms with Crippen LogP contribution in [0.25, 0.3) is 21.5 Å². The number of thioether (sulfide) groups is 1. The lowest BCUT2D eigenvalue weighted by Gasteiger charge is -2.03. The Labute approximate surface area is 136 Å². The summed E-state index contributed by atoms with van der Waals surface area (Å²) in [6.45, 7) is 0. The Bertz CT molecular complexity index is 895. The molecule has 0 fully saturated rings. The second kappa shape index (κ2) is 5.94. The molecule has 1 aromatic carbocycles. The SMILES string of the molecule is c1csc(-c2cc(CSc3ccnc4ccccc34)no2)c1. The molecule has 0 saturated heterocycles. The lowest BCUT2D eigenvalue weighted by Crippen LogP contribution is -1.83. The molecular formula is C17H12N2OS2. The molecule has 4 aromatic rings. The van der Waals surface area contributed by atoms with E-state index in [1.54, 1.807) is 23.1 Å². The van der Waals surface area contributed by atoms with Crippen molar-refractivity contribution in [3.63, 3.8) is 0 Å². The number of pyridine rings is 1. The lowest BCUT2D eigenvalue weighted by molar-refractivity contribution is 0.427. The average Bonchev–Trinajstić information content (AvgIpc) is 3.24. The van der Waals surface area contributed by atoms with E-state index in [0.29, 0.717) is 0 Å². The first kappa shape index (κ1) is 13.5. The number of thiophene rings is 1. The number of hydrogen-bond acceptors (Lipinski definition) is 5. The van der Waals surface area contributed by atoms with Crippen LogP contribution in [0.3, 0.4) is 0 Å². The average molecular weight is 324 g/mol. The van der Waals surface area contributed by atoms with Gasteiger partial charge in [-0.3, -0.25) is 4.98 Å². The predicted octanol–water partition coefficient (Wildman–Crippen LogP) is 5.24. The van der Waals surface area contributed by atoms with Gasteiger partial charge in [-0.05, 0) is 23.6 Å². The molecule has 22 heavy (non-hydrogen) atoms. The maximum absolute atomic E-state index is 5.42. The van der Waals surface area contributed by atoms with E-state index >= 15 is 0 Å². The summed E-state index contributed by atoms with van der Waals surface area (Å²) in [5.41, 5.74) is 1.97. The highest BCUT2D eigenvalue weighted by atomic mass is 32.2. The molecule has 5 heteroatoms. The van der Waals surface area contributed by atoms with E-state index in [9.17, 15) is 0 Å². The van der Waals surface area contributed by atoms with Crippen molar-refractivity contribution in [2.45, 2.75) is 10.6 Å². The molecule has 3 nitrogen and oxygen atoms in total. The number of rotatable bonds is 4. The van der Waals surface area contributed by atoms with Crippen molar-refractivity contribution in [2.24, 2.45) is 0 Å². The fraction of sp³-hybridized carbons (Fsp3) is 0.0588. The molecule has 0 amide bonds. The summed E-state index contributed by atoms with van der Waals surface area (Å²) >= 11 is 3.41. The zero-order valence-corrected chi connectivity index (χ0v) is 13.2. The molecular weight excluding hydrogens is 312 g/mol. The molecule has 0 radical (unpaired) electrons. The van der Waals surface area contributed by atoms with E-state index in [4.69, 9.17) is 4.52 Å². The molecule has 4 rings (SSSR count). The Morgan fingerprint density at radius 3 is 2.95 bits per heavy atom. The minimum absolute atomic E-state index is 0.781. The fourth-order valence-corrected chi connectivity index (χ4v) is 3.86. The third kappa shape index (κ3) is 2.65. The minimum atomic E-state index is 0.781. The van der Waals surface area contributed by atoms with Crippen LogP contribution in [-0.4, -0.2) is 10.1 Å². The van der Waals surface area contributed by atoms with E-state index in [-0.39, 0.29) is 0 Å². The minimum Gasteiger partial charge on any atom is -0.355 e. The second-order valence-electron chi connectivity index (χ2n) is 4.77. The molecule has 0 N–H and O–H groups in total. The first-order chi connectivity index (χ1) is 10.9. The smallest absolute Gasteiger partial charge is 0.177 e. The third-order valence-electron chi connectivity index (χ3n) is 3.31. The van der Waals surface area contributed by atoms with Crippen LogP contribution < -0.4 is 0 Å². The molecule has 0 atom stereocenters. The van der Waals surface area contributed by atoms with Gasteiger partial charge in [0.2, 0.25) is 0 Å². The Hall–Kier alpha value is -2.11. The summed E-state index contributed by atoms with van der Waals surface area (Å²) in [5, 5.41) is 7.38. The van der Waals surface area contributed by atoms with Crippen LogP contribution in [-0.2, 0) is 5.75 Å². The molecule has 3 heterocycles. The summed E-state index contributed by atoms with van der Waals surface area (Å²) in [5.74, 6) is 1.62. The molecule has 3 aromatic heterocycles. The summed E-state index contributed by atoms with van der Waals surface area (Å²) in [6, 6.07) is 16.3. The van der Waals surface area contributed by atoms with E-state index in [2.05, 4.69) is 16.2 Å². The molecule has 0 spiro atoms. The van der Waals surface area contributed by atoms with E-state index in [1.165, 1.54) is 10.3 Å². The van der Waals surface area contributed by atoms with Crippen molar-refractivity contribution in [3.05, 3.63) is 65.8 Å². The van der Waals surface area contributed by atoms with Crippen molar-refractivity contribution in [2.75, 3.05) is 0 Å². The number of fused-ring (bicyclic) bond motifs is 1. The highest BCUT2D eigenvalue weighted by molar-refractivity contribution is 7.98. The Balaban J connectivity index is 1.55. The van der Waals surface area contributed by atoms with Gasteiger partial charge in [0.25, 0.3) is 0 Å². The second-order valence-corrected chi connectivity index (χ2v) is 6.74. The van der Waals surface area contributed by atoms with Crippen LogP contribution in [0, 0.1) is 0 Å². The predicted molar refractivity (Wildman–Crippen MR) is 91.1 cm³/mol. The maximum Gasteiger partial charge on any atom is 0.177 e. The van der Waals surface area contributed by atoms with Crippen LogP contribution in [0.4, 0.5) is 0 Å². The van der Waals surface area contributed by atoms with Gasteiger partial charge in [0.05, 0.1) is 16.1 Å². The first-order valence-corrected chi connectivity index (χ1v) is 8.73. The van der Waals surface area contributed by atoms with Gasteiger partial charge in [-0.25, -0.2) is 0 Å². The zero-order valence-electron chi connectivity index (χ0n) is 11.6. The molecule has 0 unspecified atom stereocenters. The molecule has 0 aliphatic carbocycles. The standard InChI is InChI=1S/C17H12N2OS2/c1-2-5-14-13(4-1)16(7-8-18-14)22-11-12-10-15(20-19-12)17-6-3-9-21-17/h1-10H,11H2. The number of nitrogens with zero attached hydrogens (tertiary/aromatic N) is 2. The van der Waals surface area contributed by atoms with Gasteiger partial charge in [0.15, 0.2) is 5.76 Å². The van der Waals surface area contributed by atoms with Gasteiger partial charge in [-0.1, -0.05) is 29.4 Å². The number of para-hydroxylation sites is 1. The van der Waals surface area contributed by atoms with Crippen LogP contribution >= 0.6 is 23.1 Å². The quantitative estimate of drug-likeness (QED) is 0.481. The summed E-state index contributed by atoms with van der Waals surface area (Å²) in [6.07, 6.45) is 1.85. The van der Waals surface area contributed by atoms with E-state index in [0.717, 1.165) is 27.6 Å². The van der Waals surface area contributed by atoms with Gasteiger partial charge in [-0.15, -0.1) is 23.1 Å². The largest absolute Gasteiger partial charge is 0.355 e. The first-order valence-electron chi connectivity index (χ1n) is 6.86. The van der Waals surface area contributed by atoms with Crippen LogP contribution in [0.15, 0.2) is 69.5 Å². The van der Waals surface area contributed by atoms with Crippen molar-refractivity contribution in [3.8, 4) is 10.6 Å². The Morgan fingerprint density at radius 1 is 1.09 bits per heavy atom. The highest BCUT2D eigenvalue weighted by Crippen LogP contribution is 2.31. The van der Waals surface area contributed by atoms with Crippen LogP contribution in [0.1, 0.15) is 5.69 Å². The van der Waals surface area contributed by atoms with E-state index < -0.39 is 0 Å². The summed E-state index contributed by atoms with van der Waals surface area (Å²) < 4.78 is 5.42. The summed E-state index contributed by atoms with van der Waals surface area (Å²) in [4.78, 5) is 6.71. The number of aromatic nitrogens is 2. The molecule has 0 bridgehead atoms. The Kier molecular flexibility index (Phi) is 3.66. The lowest BCUT2D eigenvalue weighted by atomic mass is 10.2. The van der Waals surface area contributed by atoms with Gasteiger partial charge < -0.3 is 4.52 Å². The van der Waals surface area contributed by atoms with Gasteiger partial charge in [0.1, 0.15) is 0 Å².